The van der Waals surface area contributed by atoms with Gasteiger partial charge in [0.1, 0.15) is 17.3 Å². The van der Waals surface area contributed by atoms with Crippen molar-refractivity contribution >= 4 is 0 Å². The second kappa shape index (κ2) is 11.2. The highest BCUT2D eigenvalue weighted by molar-refractivity contribution is 5.66. The molecular weight excluding hydrogens is 448 g/mol. The third-order valence-corrected chi connectivity index (χ3v) is 5.44. The Labute approximate surface area is 203 Å². The number of nitrogens with zero attached hydrogens (tertiary/aromatic N) is 3. The lowest BCUT2D eigenvalue weighted by atomic mass is 9.92. The molecule has 1 aromatic heterocycles. The fourth-order valence-corrected chi connectivity index (χ4v) is 3.65. The molecule has 0 fully saturated rings. The van der Waals surface area contributed by atoms with Crippen LogP contribution in [0.2, 0.25) is 0 Å². The lowest BCUT2D eigenvalue weighted by molar-refractivity contribution is -0.183. The predicted octanol–water partition coefficient (Wildman–Crippen LogP) is 2.81. The number of phenolic OH excluding ortho intramolecular Hbond substituents is 1. The number of aromatic nitrogens is 3. The summed E-state index contributed by atoms with van der Waals surface area (Å²) in [4.78, 5) is 13.9. The Morgan fingerprint density at radius 2 is 1.71 bits per heavy atom. The summed E-state index contributed by atoms with van der Waals surface area (Å²) in [6.07, 6.45) is 6.82. The first kappa shape index (κ1) is 24.5. The first-order valence-electron chi connectivity index (χ1n) is 11.2. The van der Waals surface area contributed by atoms with Gasteiger partial charge < -0.3 is 30.2 Å². The van der Waals surface area contributed by atoms with Crippen LogP contribution in [0.15, 0.2) is 72.8 Å². The number of nitrogens with two attached hydrogens (primary N) is 1. The molecule has 2 aromatic carbocycles. The van der Waals surface area contributed by atoms with E-state index in [1.54, 1.807) is 55.7 Å². The van der Waals surface area contributed by atoms with Gasteiger partial charge in [0.2, 0.25) is 0 Å². The third-order valence-electron chi connectivity index (χ3n) is 5.44. The van der Waals surface area contributed by atoms with Crippen LogP contribution in [0.5, 0.6) is 11.5 Å². The van der Waals surface area contributed by atoms with Gasteiger partial charge in [-0.3, -0.25) is 0 Å². The number of methoxy groups -OCH3 is 1. The van der Waals surface area contributed by atoms with Crippen molar-refractivity contribution in [2.45, 2.75) is 11.7 Å². The number of aromatic hydroxyl groups is 1. The van der Waals surface area contributed by atoms with Gasteiger partial charge in [0.15, 0.2) is 17.4 Å². The summed E-state index contributed by atoms with van der Waals surface area (Å²) in [5.74, 6) is -0.753. The summed E-state index contributed by atoms with van der Waals surface area (Å²) in [6.45, 7) is 1.24. The smallest absolute Gasteiger partial charge is 0.199 e. The fraction of sp³-hybridized carbons (Fsp3) is 0.269. The molecule has 0 amide bonds. The van der Waals surface area contributed by atoms with Crippen molar-refractivity contribution in [3.63, 3.8) is 0 Å². The minimum Gasteiger partial charge on any atom is -0.507 e. The zero-order chi connectivity index (χ0) is 24.7. The average Bonchev–Trinajstić information content (AvgIpc) is 2.89. The predicted molar refractivity (Wildman–Crippen MR) is 131 cm³/mol. The molecule has 0 aliphatic heterocycles. The average molecular weight is 477 g/mol. The molecule has 3 aromatic rings. The zero-order valence-electron chi connectivity index (χ0n) is 19.4. The van der Waals surface area contributed by atoms with Gasteiger partial charge in [-0.2, -0.15) is 0 Å². The number of phenols is 1. The number of para-hydroxylation sites is 1. The van der Waals surface area contributed by atoms with Crippen LogP contribution in [-0.2, 0) is 9.47 Å². The van der Waals surface area contributed by atoms with E-state index in [4.69, 9.17) is 19.9 Å². The lowest BCUT2D eigenvalue weighted by Gasteiger charge is -2.32. The standard InChI is InChI=1S/C26H28N4O5/c1-33-19-11-9-18(10-12-19)23-28-24(20-6-2-3-8-22(20)31)30-25(29-23)21-7-4-5-13-26(21,32)35-17-16-34-15-14-27/h2-13,21,31-32H,14-17,27H2,1H3. The summed E-state index contributed by atoms with van der Waals surface area (Å²) >= 11 is 0. The van der Waals surface area contributed by atoms with Gasteiger partial charge >= 0.3 is 0 Å². The minimum atomic E-state index is -1.70. The van der Waals surface area contributed by atoms with Crippen LogP contribution >= 0.6 is 0 Å². The fourth-order valence-electron chi connectivity index (χ4n) is 3.65. The van der Waals surface area contributed by atoms with Crippen LogP contribution in [0, 0.1) is 0 Å². The van der Waals surface area contributed by atoms with Crippen LogP contribution in [-0.4, -0.2) is 64.4 Å². The molecule has 1 heterocycles. The van der Waals surface area contributed by atoms with Crippen molar-refractivity contribution in [3.05, 3.63) is 78.7 Å². The Kier molecular flexibility index (Phi) is 7.84. The Balaban J connectivity index is 1.74. The Morgan fingerprint density at radius 3 is 2.46 bits per heavy atom. The maximum atomic E-state index is 11.4. The molecule has 0 bridgehead atoms. The van der Waals surface area contributed by atoms with E-state index in [1.165, 1.54) is 0 Å². The van der Waals surface area contributed by atoms with Gasteiger partial charge in [0.25, 0.3) is 0 Å². The van der Waals surface area contributed by atoms with Crippen molar-refractivity contribution in [2.75, 3.05) is 33.5 Å². The number of hydrogen-bond donors (Lipinski definition) is 3. The molecule has 0 radical (unpaired) electrons. The third kappa shape index (κ3) is 5.72. The van der Waals surface area contributed by atoms with Crippen molar-refractivity contribution in [1.82, 2.24) is 15.0 Å². The molecule has 9 nitrogen and oxygen atoms in total. The maximum Gasteiger partial charge on any atom is 0.199 e. The largest absolute Gasteiger partial charge is 0.507 e. The van der Waals surface area contributed by atoms with Gasteiger partial charge in [-0.15, -0.1) is 0 Å². The van der Waals surface area contributed by atoms with Gasteiger partial charge in [-0.05, 0) is 42.5 Å². The van der Waals surface area contributed by atoms with E-state index < -0.39 is 11.7 Å². The number of rotatable bonds is 10. The van der Waals surface area contributed by atoms with Crippen molar-refractivity contribution in [3.8, 4) is 34.3 Å². The van der Waals surface area contributed by atoms with Crippen LogP contribution in [0.1, 0.15) is 11.7 Å². The SMILES string of the molecule is COc1ccc(-c2nc(-c3ccccc3O)nc(C3C=CC=CC3(O)OCCOCCN)n2)cc1. The summed E-state index contributed by atoms with van der Waals surface area (Å²) in [5, 5.41) is 21.8. The van der Waals surface area contributed by atoms with E-state index in [9.17, 15) is 10.2 Å². The van der Waals surface area contributed by atoms with E-state index in [-0.39, 0.29) is 30.6 Å². The van der Waals surface area contributed by atoms with Gasteiger partial charge in [-0.25, -0.2) is 15.0 Å². The van der Waals surface area contributed by atoms with Gasteiger partial charge in [-0.1, -0.05) is 30.4 Å². The number of aliphatic hydroxyl groups is 1. The topological polar surface area (TPSA) is 133 Å². The highest BCUT2D eigenvalue weighted by Gasteiger charge is 2.39. The molecule has 1 aliphatic carbocycles. The van der Waals surface area contributed by atoms with E-state index in [2.05, 4.69) is 15.0 Å². The van der Waals surface area contributed by atoms with E-state index in [0.717, 1.165) is 5.56 Å². The zero-order valence-corrected chi connectivity index (χ0v) is 19.4. The van der Waals surface area contributed by atoms with E-state index in [1.807, 2.05) is 24.3 Å². The second-order valence-electron chi connectivity index (χ2n) is 7.81. The monoisotopic (exact) mass is 476 g/mol. The summed E-state index contributed by atoms with van der Waals surface area (Å²) in [6, 6.07) is 14.1. The minimum absolute atomic E-state index is 0.0352. The first-order valence-corrected chi connectivity index (χ1v) is 11.2. The molecule has 0 saturated carbocycles. The molecular formula is C26H28N4O5. The second-order valence-corrected chi connectivity index (χ2v) is 7.81. The van der Waals surface area contributed by atoms with E-state index >= 15 is 0 Å². The van der Waals surface area contributed by atoms with Crippen molar-refractivity contribution in [2.24, 2.45) is 5.73 Å². The van der Waals surface area contributed by atoms with Crippen molar-refractivity contribution < 1.29 is 24.4 Å². The number of hydrogen-bond acceptors (Lipinski definition) is 9. The molecule has 35 heavy (non-hydrogen) atoms. The highest BCUT2D eigenvalue weighted by Crippen LogP contribution is 2.36. The Morgan fingerprint density at radius 1 is 0.943 bits per heavy atom. The molecule has 9 heteroatoms. The molecule has 182 valence electrons. The number of allylic oxidation sites excluding steroid dienone is 2. The summed E-state index contributed by atoms with van der Waals surface area (Å²) < 4.78 is 16.4. The van der Waals surface area contributed by atoms with Crippen LogP contribution in [0.4, 0.5) is 0 Å². The molecule has 1 aliphatic rings. The van der Waals surface area contributed by atoms with Crippen LogP contribution < -0.4 is 10.5 Å². The maximum absolute atomic E-state index is 11.4. The van der Waals surface area contributed by atoms with Gasteiger partial charge in [0.05, 0.1) is 38.4 Å². The molecule has 0 saturated heterocycles. The normalized spacial score (nSPS) is 19.1. The summed E-state index contributed by atoms with van der Waals surface area (Å²) in [5.41, 5.74) is 6.61. The van der Waals surface area contributed by atoms with Crippen LogP contribution in [0.3, 0.4) is 0 Å². The number of benzene rings is 2. The number of ether oxygens (including phenoxy) is 3. The molecule has 2 atom stereocenters. The van der Waals surface area contributed by atoms with Crippen LogP contribution in [0.25, 0.3) is 22.8 Å². The van der Waals surface area contributed by atoms with Crippen molar-refractivity contribution in [1.29, 1.82) is 0 Å². The van der Waals surface area contributed by atoms with Gasteiger partial charge in [0, 0.05) is 12.1 Å². The molecule has 2 unspecified atom stereocenters. The quantitative estimate of drug-likeness (QED) is 0.298. The molecule has 0 spiro atoms. The lowest BCUT2D eigenvalue weighted by Crippen LogP contribution is -2.39. The Hall–Kier alpha value is -3.63. The first-order chi connectivity index (χ1) is 17.0. The summed E-state index contributed by atoms with van der Waals surface area (Å²) in [7, 11) is 1.59. The highest BCUT2D eigenvalue weighted by atomic mass is 16.6. The molecule has 4 rings (SSSR count). The Bertz CT molecular complexity index is 1200. The van der Waals surface area contributed by atoms with E-state index in [0.29, 0.717) is 30.3 Å². The molecule has 4 N–H and O–H groups in total.